The molecule has 1 aliphatic heterocycles. The van der Waals surface area contributed by atoms with Gasteiger partial charge in [0.2, 0.25) is 0 Å². The van der Waals surface area contributed by atoms with Crippen LogP contribution < -0.4 is 10.4 Å². The third-order valence-corrected chi connectivity index (χ3v) is 6.45. The van der Waals surface area contributed by atoms with Crippen LogP contribution in [0.2, 0.25) is 0 Å². The number of urea groups is 1. The van der Waals surface area contributed by atoms with Crippen molar-refractivity contribution in [1.82, 2.24) is 14.4 Å². The Labute approximate surface area is 154 Å². The van der Waals surface area contributed by atoms with Crippen LogP contribution in [0, 0.1) is 0 Å². The lowest BCUT2D eigenvalue weighted by Gasteiger charge is -2.16. The summed E-state index contributed by atoms with van der Waals surface area (Å²) in [7, 11) is -3.62. The van der Waals surface area contributed by atoms with Crippen molar-refractivity contribution < 1.29 is 13.9 Å². The Hall–Kier alpha value is -3.15. The average Bonchev–Trinajstić information content (AvgIpc) is 3.20. The maximum Gasteiger partial charge on any atom is 0.404 e. The standard InChI is InChI=1S/C19H15N4O3P/c24-19(21-15-10-5-7-13-6-1-2-8-14(13)15)22-27(25)23-17-11-4-3-9-16(17)20-18(23)12-26-27/h1-11H,12H2,(H2,21,22,24,25). The van der Waals surface area contributed by atoms with Crippen molar-refractivity contribution >= 4 is 41.2 Å². The average molecular weight is 378 g/mol. The molecule has 2 N–H and O–H groups in total. The van der Waals surface area contributed by atoms with Crippen molar-refractivity contribution in [3.8, 4) is 0 Å². The molecule has 0 fully saturated rings. The monoisotopic (exact) mass is 378 g/mol. The summed E-state index contributed by atoms with van der Waals surface area (Å²) in [4.78, 5) is 17.0. The lowest BCUT2D eigenvalue weighted by atomic mass is 10.1. The zero-order valence-electron chi connectivity index (χ0n) is 14.1. The second-order valence-electron chi connectivity index (χ2n) is 6.22. The molecule has 0 spiro atoms. The van der Waals surface area contributed by atoms with E-state index in [1.807, 2.05) is 54.6 Å². The highest BCUT2D eigenvalue weighted by Crippen LogP contribution is 2.52. The Bertz CT molecular complexity index is 1240. The number of nitrogens with one attached hydrogen (secondary N) is 2. The molecule has 1 aliphatic rings. The molecular formula is C19H15N4O3P. The second-order valence-corrected chi connectivity index (χ2v) is 8.14. The first-order chi connectivity index (χ1) is 13.1. The van der Waals surface area contributed by atoms with Gasteiger partial charge in [0, 0.05) is 5.39 Å². The highest BCUT2D eigenvalue weighted by molar-refractivity contribution is 7.56. The summed E-state index contributed by atoms with van der Waals surface area (Å²) in [6.45, 7) is 0.0838. The van der Waals surface area contributed by atoms with Gasteiger partial charge in [-0.05, 0) is 23.6 Å². The molecule has 0 bridgehead atoms. The van der Waals surface area contributed by atoms with Crippen LogP contribution in [0.3, 0.4) is 0 Å². The molecule has 1 aromatic heterocycles. The SMILES string of the molecule is O=C(Nc1cccc2ccccc12)NP1(=O)OCc2nc3ccccc3n21. The molecular weight excluding hydrogens is 363 g/mol. The van der Waals surface area contributed by atoms with Gasteiger partial charge < -0.3 is 5.32 Å². The Balaban J connectivity index is 1.46. The molecule has 0 saturated heterocycles. The minimum Gasteiger partial charge on any atom is -0.307 e. The fourth-order valence-electron chi connectivity index (χ4n) is 3.35. The minimum atomic E-state index is -3.62. The number of fused-ring (bicyclic) bond motifs is 4. The molecule has 1 atom stereocenters. The minimum absolute atomic E-state index is 0.0838. The van der Waals surface area contributed by atoms with Crippen LogP contribution in [0.4, 0.5) is 10.5 Å². The van der Waals surface area contributed by atoms with Crippen LogP contribution in [-0.2, 0) is 15.7 Å². The number of nitrogens with zero attached hydrogens (tertiary/aromatic N) is 2. The van der Waals surface area contributed by atoms with Gasteiger partial charge >= 0.3 is 13.7 Å². The van der Waals surface area contributed by atoms with E-state index in [1.165, 1.54) is 4.34 Å². The molecule has 7 nitrogen and oxygen atoms in total. The van der Waals surface area contributed by atoms with Gasteiger partial charge in [0.25, 0.3) is 0 Å². The topological polar surface area (TPSA) is 85.2 Å². The van der Waals surface area contributed by atoms with Crippen LogP contribution in [0.25, 0.3) is 21.8 Å². The highest BCUT2D eigenvalue weighted by Gasteiger charge is 2.39. The van der Waals surface area contributed by atoms with Crippen molar-refractivity contribution in [2.45, 2.75) is 6.61 Å². The number of amides is 2. The zero-order chi connectivity index (χ0) is 18.4. The number of para-hydroxylation sites is 2. The first kappa shape index (κ1) is 16.1. The molecule has 3 aromatic carbocycles. The maximum absolute atomic E-state index is 13.3. The molecule has 5 rings (SSSR count). The van der Waals surface area contributed by atoms with Crippen molar-refractivity contribution in [3.05, 3.63) is 72.6 Å². The number of rotatable bonds is 2. The van der Waals surface area contributed by atoms with E-state index in [1.54, 1.807) is 12.1 Å². The number of benzene rings is 3. The summed E-state index contributed by atoms with van der Waals surface area (Å²) in [5.41, 5.74) is 2.01. The Morgan fingerprint density at radius 1 is 1.04 bits per heavy atom. The number of carbonyl (C=O) groups excluding carboxylic acids is 1. The quantitative estimate of drug-likeness (QED) is 0.503. The van der Waals surface area contributed by atoms with Crippen LogP contribution >= 0.6 is 7.67 Å². The van der Waals surface area contributed by atoms with Crippen molar-refractivity contribution in [2.75, 3.05) is 5.32 Å². The smallest absolute Gasteiger partial charge is 0.307 e. The van der Waals surface area contributed by atoms with Gasteiger partial charge in [0.05, 0.1) is 16.7 Å². The highest BCUT2D eigenvalue weighted by atomic mass is 31.2. The zero-order valence-corrected chi connectivity index (χ0v) is 15.0. The Morgan fingerprint density at radius 2 is 1.81 bits per heavy atom. The van der Waals surface area contributed by atoms with Crippen molar-refractivity contribution in [2.24, 2.45) is 0 Å². The summed E-state index contributed by atoms with van der Waals surface area (Å²) >= 11 is 0. The summed E-state index contributed by atoms with van der Waals surface area (Å²) in [6.07, 6.45) is 0. The molecule has 134 valence electrons. The number of hydrogen-bond donors (Lipinski definition) is 2. The van der Waals surface area contributed by atoms with E-state index in [-0.39, 0.29) is 6.61 Å². The maximum atomic E-state index is 13.3. The van der Waals surface area contributed by atoms with E-state index in [2.05, 4.69) is 15.4 Å². The summed E-state index contributed by atoms with van der Waals surface area (Å²) in [5.74, 6) is 0.532. The van der Waals surface area contributed by atoms with Gasteiger partial charge in [0.1, 0.15) is 12.4 Å². The van der Waals surface area contributed by atoms with E-state index < -0.39 is 13.7 Å². The van der Waals surface area contributed by atoms with Crippen LogP contribution in [-0.4, -0.2) is 15.4 Å². The van der Waals surface area contributed by atoms with Gasteiger partial charge in [-0.3, -0.25) is 4.52 Å². The van der Waals surface area contributed by atoms with E-state index >= 15 is 0 Å². The molecule has 0 aliphatic carbocycles. The lowest BCUT2D eigenvalue weighted by molar-refractivity contribution is 0.253. The molecule has 0 radical (unpaired) electrons. The number of hydrogen-bond acceptors (Lipinski definition) is 4. The largest absolute Gasteiger partial charge is 0.404 e. The first-order valence-electron chi connectivity index (χ1n) is 8.43. The van der Waals surface area contributed by atoms with Crippen molar-refractivity contribution in [3.63, 3.8) is 0 Å². The van der Waals surface area contributed by atoms with E-state index in [4.69, 9.17) is 4.52 Å². The fourth-order valence-corrected chi connectivity index (χ4v) is 5.09. The summed E-state index contributed by atoms with van der Waals surface area (Å²) in [6, 6.07) is 20.1. The molecule has 2 heterocycles. The van der Waals surface area contributed by atoms with Gasteiger partial charge in [-0.25, -0.2) is 23.8 Å². The molecule has 2 amide bonds. The molecule has 8 heteroatoms. The van der Waals surface area contributed by atoms with Crippen LogP contribution in [0.15, 0.2) is 66.7 Å². The molecule has 4 aromatic rings. The van der Waals surface area contributed by atoms with Gasteiger partial charge in [-0.1, -0.05) is 48.5 Å². The van der Waals surface area contributed by atoms with Gasteiger partial charge in [0.15, 0.2) is 0 Å². The number of carbonyl (C=O) groups is 1. The third-order valence-electron chi connectivity index (χ3n) is 4.52. The Morgan fingerprint density at radius 3 is 2.74 bits per heavy atom. The van der Waals surface area contributed by atoms with E-state index in [0.717, 1.165) is 10.8 Å². The number of imidazole rings is 1. The van der Waals surface area contributed by atoms with Gasteiger partial charge in [-0.2, -0.15) is 0 Å². The van der Waals surface area contributed by atoms with Gasteiger partial charge in [-0.15, -0.1) is 0 Å². The lowest BCUT2D eigenvalue weighted by Crippen LogP contribution is -2.28. The predicted octanol–water partition coefficient (Wildman–Crippen LogP) is 4.50. The predicted molar refractivity (Wildman–Crippen MR) is 104 cm³/mol. The molecule has 0 saturated carbocycles. The number of anilines is 1. The summed E-state index contributed by atoms with van der Waals surface area (Å²) < 4.78 is 20.2. The summed E-state index contributed by atoms with van der Waals surface area (Å²) in [5, 5.41) is 7.18. The normalized spacial score (nSPS) is 18.5. The fraction of sp³-hybridized carbons (Fsp3) is 0.0526. The third kappa shape index (κ3) is 2.60. The van der Waals surface area contributed by atoms with Crippen LogP contribution in [0.5, 0.6) is 0 Å². The van der Waals surface area contributed by atoms with Crippen LogP contribution in [0.1, 0.15) is 5.82 Å². The molecule has 1 unspecified atom stereocenters. The van der Waals surface area contributed by atoms with E-state index in [9.17, 15) is 9.36 Å². The Kier molecular flexibility index (Phi) is 3.53. The van der Waals surface area contributed by atoms with Crippen molar-refractivity contribution in [1.29, 1.82) is 0 Å². The molecule has 27 heavy (non-hydrogen) atoms. The first-order valence-corrected chi connectivity index (χ1v) is 10.0. The van der Waals surface area contributed by atoms with E-state index in [0.29, 0.717) is 22.5 Å². The number of aromatic nitrogens is 2. The second kappa shape index (κ2) is 5.94.